The summed E-state index contributed by atoms with van der Waals surface area (Å²) in [6, 6.07) is 0. The van der Waals surface area contributed by atoms with Crippen molar-refractivity contribution in [3.8, 4) is 0 Å². The smallest absolute Gasteiger partial charge is 0.0540 e. The van der Waals surface area contributed by atoms with E-state index in [1.165, 1.54) is 57.8 Å². The summed E-state index contributed by atoms with van der Waals surface area (Å²) in [6.07, 6.45) is 15.4. The molecule has 0 saturated heterocycles. The van der Waals surface area contributed by atoms with Gasteiger partial charge in [-0.25, -0.2) is 0 Å². The highest BCUT2D eigenvalue weighted by molar-refractivity contribution is 4.55. The van der Waals surface area contributed by atoms with Gasteiger partial charge in [-0.3, -0.25) is 0 Å². The molecule has 0 aromatic heterocycles. The van der Waals surface area contributed by atoms with Gasteiger partial charge in [0.25, 0.3) is 0 Å². The van der Waals surface area contributed by atoms with Crippen molar-refractivity contribution in [2.45, 2.75) is 110 Å². The molecule has 0 heterocycles. The lowest BCUT2D eigenvalue weighted by molar-refractivity contribution is 0.150. The Morgan fingerprint density at radius 3 is 1.47 bits per heavy atom. The van der Waals surface area contributed by atoms with Gasteiger partial charge in [-0.15, -0.1) is 0 Å². The zero-order chi connectivity index (χ0) is 14.3. The van der Waals surface area contributed by atoms with E-state index in [1.54, 1.807) is 0 Å². The van der Waals surface area contributed by atoms with Crippen molar-refractivity contribution in [2.24, 2.45) is 0 Å². The van der Waals surface area contributed by atoms with Crippen molar-refractivity contribution in [2.75, 3.05) is 0 Å². The molecule has 0 aromatic carbocycles. The number of aliphatic hydroxyl groups is 2. The van der Waals surface area contributed by atoms with Crippen LogP contribution in [0, 0.1) is 0 Å². The third kappa shape index (κ3) is 15.9. The Bertz CT molecular complexity index is 169. The fraction of sp³-hybridized carbons (Fsp3) is 1.00. The van der Waals surface area contributed by atoms with Crippen LogP contribution in [0.15, 0.2) is 0 Å². The number of aliphatic hydroxyl groups excluding tert-OH is 2. The molecule has 116 valence electrons. The Kier molecular flexibility index (Phi) is 14.3. The summed E-state index contributed by atoms with van der Waals surface area (Å²) >= 11 is 0. The second-order valence-electron chi connectivity index (χ2n) is 6.05. The lowest BCUT2D eigenvalue weighted by atomic mass is 10.0. The summed E-state index contributed by atoms with van der Waals surface area (Å²) in [7, 11) is 0. The first-order valence-electron chi connectivity index (χ1n) is 8.53. The summed E-state index contributed by atoms with van der Waals surface area (Å²) in [4.78, 5) is 0. The lowest BCUT2D eigenvalue weighted by Gasteiger charge is -2.08. The predicted octanol–water partition coefficient (Wildman–Crippen LogP) is 4.82. The highest BCUT2D eigenvalue weighted by Crippen LogP contribution is 2.13. The Morgan fingerprint density at radius 1 is 0.632 bits per heavy atom. The SMILES string of the molecule is CCC[C@H](O)CCCCCCCCCCC[C@H](C)O. The van der Waals surface area contributed by atoms with E-state index in [0.717, 1.165) is 25.7 Å². The molecule has 0 amide bonds. The Balaban J connectivity index is 3.03. The number of hydrogen-bond acceptors (Lipinski definition) is 2. The number of unbranched alkanes of at least 4 members (excludes halogenated alkanes) is 8. The van der Waals surface area contributed by atoms with Gasteiger partial charge in [-0.05, 0) is 26.2 Å². The fourth-order valence-corrected chi connectivity index (χ4v) is 2.53. The van der Waals surface area contributed by atoms with E-state index in [4.69, 9.17) is 5.11 Å². The molecule has 19 heavy (non-hydrogen) atoms. The average Bonchev–Trinajstić information content (AvgIpc) is 2.36. The van der Waals surface area contributed by atoms with Crippen LogP contribution >= 0.6 is 0 Å². The minimum absolute atomic E-state index is 0.0566. The van der Waals surface area contributed by atoms with Crippen molar-refractivity contribution in [3.05, 3.63) is 0 Å². The van der Waals surface area contributed by atoms with E-state index in [2.05, 4.69) is 6.92 Å². The molecule has 0 saturated carbocycles. The molecule has 0 spiro atoms. The first-order valence-corrected chi connectivity index (χ1v) is 8.53. The van der Waals surface area contributed by atoms with E-state index in [-0.39, 0.29) is 12.2 Å². The molecule has 0 rings (SSSR count). The van der Waals surface area contributed by atoms with Gasteiger partial charge >= 0.3 is 0 Å². The molecule has 0 aromatic rings. The molecule has 0 aliphatic rings. The highest BCUT2D eigenvalue weighted by Gasteiger charge is 2.01. The van der Waals surface area contributed by atoms with Crippen LogP contribution in [0.3, 0.4) is 0 Å². The zero-order valence-corrected chi connectivity index (χ0v) is 13.2. The van der Waals surface area contributed by atoms with Crippen LogP contribution in [0.5, 0.6) is 0 Å². The molecule has 0 aliphatic carbocycles. The van der Waals surface area contributed by atoms with Crippen LogP contribution < -0.4 is 0 Å². The third-order valence-corrected chi connectivity index (χ3v) is 3.78. The molecule has 2 N–H and O–H groups in total. The van der Waals surface area contributed by atoms with Crippen LogP contribution in [0.25, 0.3) is 0 Å². The standard InChI is InChI=1S/C17H36O2/c1-3-13-17(19)15-12-10-8-6-4-5-7-9-11-14-16(2)18/h16-19H,3-15H2,1-2H3/t16-,17-/m0/s1. The van der Waals surface area contributed by atoms with Crippen molar-refractivity contribution in [1.29, 1.82) is 0 Å². The second-order valence-corrected chi connectivity index (χ2v) is 6.05. The summed E-state index contributed by atoms with van der Waals surface area (Å²) in [5.74, 6) is 0. The van der Waals surface area contributed by atoms with Gasteiger partial charge in [-0.1, -0.05) is 71.1 Å². The molecule has 2 atom stereocenters. The molecular weight excluding hydrogens is 236 g/mol. The molecule has 0 radical (unpaired) electrons. The molecule has 2 nitrogen and oxygen atoms in total. The normalized spacial score (nSPS) is 14.5. The van der Waals surface area contributed by atoms with Gasteiger partial charge in [-0.2, -0.15) is 0 Å². The summed E-state index contributed by atoms with van der Waals surface area (Å²) in [5.41, 5.74) is 0. The van der Waals surface area contributed by atoms with Crippen molar-refractivity contribution < 1.29 is 10.2 Å². The van der Waals surface area contributed by atoms with Crippen LogP contribution in [-0.2, 0) is 0 Å². The van der Waals surface area contributed by atoms with Crippen molar-refractivity contribution in [1.82, 2.24) is 0 Å². The first-order chi connectivity index (χ1) is 9.16. The largest absolute Gasteiger partial charge is 0.393 e. The topological polar surface area (TPSA) is 40.5 Å². The maximum absolute atomic E-state index is 9.59. The quantitative estimate of drug-likeness (QED) is 0.445. The van der Waals surface area contributed by atoms with E-state index in [1.807, 2.05) is 6.92 Å². The predicted molar refractivity (Wildman–Crippen MR) is 83.4 cm³/mol. The van der Waals surface area contributed by atoms with Crippen molar-refractivity contribution >= 4 is 0 Å². The molecule has 0 unspecified atom stereocenters. The molecule has 0 aliphatic heterocycles. The zero-order valence-electron chi connectivity index (χ0n) is 13.2. The molecule has 0 bridgehead atoms. The molecule has 2 heteroatoms. The Morgan fingerprint density at radius 2 is 1.05 bits per heavy atom. The Labute approximate surface area is 120 Å². The van der Waals surface area contributed by atoms with Crippen molar-refractivity contribution in [3.63, 3.8) is 0 Å². The number of hydrogen-bond donors (Lipinski definition) is 2. The van der Waals surface area contributed by atoms with Crippen LogP contribution in [0.4, 0.5) is 0 Å². The maximum atomic E-state index is 9.59. The van der Waals surface area contributed by atoms with Crippen LogP contribution in [0.2, 0.25) is 0 Å². The van der Waals surface area contributed by atoms with Gasteiger partial charge in [0, 0.05) is 0 Å². The van der Waals surface area contributed by atoms with E-state index >= 15 is 0 Å². The number of rotatable bonds is 14. The summed E-state index contributed by atoms with van der Waals surface area (Å²) in [6.45, 7) is 4.00. The highest BCUT2D eigenvalue weighted by atomic mass is 16.3. The minimum Gasteiger partial charge on any atom is -0.393 e. The van der Waals surface area contributed by atoms with Crippen LogP contribution in [0.1, 0.15) is 97.3 Å². The minimum atomic E-state index is -0.122. The van der Waals surface area contributed by atoms with E-state index < -0.39 is 0 Å². The Hall–Kier alpha value is -0.0800. The maximum Gasteiger partial charge on any atom is 0.0540 e. The molecular formula is C17H36O2. The summed E-state index contributed by atoms with van der Waals surface area (Å²) in [5, 5.41) is 18.7. The van der Waals surface area contributed by atoms with Gasteiger partial charge in [0.05, 0.1) is 12.2 Å². The van der Waals surface area contributed by atoms with Crippen LogP contribution in [-0.4, -0.2) is 22.4 Å². The first kappa shape index (κ1) is 18.9. The third-order valence-electron chi connectivity index (χ3n) is 3.78. The van der Waals surface area contributed by atoms with E-state index in [0.29, 0.717) is 0 Å². The van der Waals surface area contributed by atoms with Gasteiger partial charge in [0.15, 0.2) is 0 Å². The molecule has 0 fully saturated rings. The average molecular weight is 272 g/mol. The van der Waals surface area contributed by atoms with E-state index in [9.17, 15) is 5.11 Å². The fourth-order valence-electron chi connectivity index (χ4n) is 2.53. The monoisotopic (exact) mass is 272 g/mol. The van der Waals surface area contributed by atoms with Gasteiger partial charge in [0.2, 0.25) is 0 Å². The second kappa shape index (κ2) is 14.3. The van der Waals surface area contributed by atoms with Gasteiger partial charge in [0.1, 0.15) is 0 Å². The van der Waals surface area contributed by atoms with Gasteiger partial charge < -0.3 is 10.2 Å². The summed E-state index contributed by atoms with van der Waals surface area (Å²) < 4.78 is 0. The lowest BCUT2D eigenvalue weighted by Crippen LogP contribution is -2.04.